The predicted octanol–water partition coefficient (Wildman–Crippen LogP) is 2.51. The van der Waals surface area contributed by atoms with Gasteiger partial charge in [-0.2, -0.15) is 0 Å². The molecular weight excluding hydrogens is 278 g/mol. The van der Waals surface area contributed by atoms with Crippen molar-refractivity contribution >= 4 is 23.3 Å². The third-order valence-electron chi connectivity index (χ3n) is 2.66. The van der Waals surface area contributed by atoms with E-state index in [1.807, 2.05) is 13.8 Å². The van der Waals surface area contributed by atoms with Gasteiger partial charge >= 0.3 is 12.0 Å². The highest BCUT2D eigenvalue weighted by Crippen LogP contribution is 2.18. The molecule has 6 nitrogen and oxygen atoms in total. The van der Waals surface area contributed by atoms with Crippen LogP contribution in [0.3, 0.4) is 0 Å². The van der Waals surface area contributed by atoms with Crippen LogP contribution in [0.4, 0.5) is 4.79 Å². The molecule has 110 valence electrons. The van der Waals surface area contributed by atoms with E-state index in [2.05, 4.69) is 16.9 Å². The number of aromatic nitrogens is 1. The van der Waals surface area contributed by atoms with Crippen molar-refractivity contribution in [3.8, 4) is 0 Å². The first-order chi connectivity index (χ1) is 9.36. The molecule has 0 fully saturated rings. The van der Waals surface area contributed by atoms with Gasteiger partial charge in [0.25, 0.3) is 0 Å². The number of carboxylic acids is 1. The molecule has 1 heterocycles. The number of aromatic carboxylic acids is 1. The number of urea groups is 1. The number of rotatable bonds is 6. The maximum atomic E-state index is 12.1. The second kappa shape index (κ2) is 7.04. The number of hydrogen-bond donors (Lipinski definition) is 2. The van der Waals surface area contributed by atoms with Gasteiger partial charge < -0.3 is 15.3 Å². The fraction of sp³-hybridized carbons (Fsp3) is 0.462. The van der Waals surface area contributed by atoms with Crippen molar-refractivity contribution in [1.82, 2.24) is 15.2 Å². The quantitative estimate of drug-likeness (QED) is 0.790. The summed E-state index contributed by atoms with van der Waals surface area (Å²) in [6.07, 6.45) is 1.66. The predicted molar refractivity (Wildman–Crippen MR) is 78.1 cm³/mol. The first-order valence-corrected chi connectivity index (χ1v) is 7.11. The molecule has 1 unspecified atom stereocenters. The van der Waals surface area contributed by atoms with E-state index in [1.54, 1.807) is 17.9 Å². The Balaban J connectivity index is 2.72. The van der Waals surface area contributed by atoms with E-state index in [9.17, 15) is 9.59 Å². The summed E-state index contributed by atoms with van der Waals surface area (Å²) in [5.74, 6) is -1.07. The second-order valence-corrected chi connectivity index (χ2v) is 5.47. The molecule has 0 saturated heterocycles. The Bertz CT molecular complexity index is 499. The molecule has 0 radical (unpaired) electrons. The van der Waals surface area contributed by atoms with Crippen LogP contribution in [0, 0.1) is 0 Å². The number of amides is 2. The van der Waals surface area contributed by atoms with Crippen LogP contribution in [0.5, 0.6) is 0 Å². The average Bonchev–Trinajstić information content (AvgIpc) is 2.84. The Hall–Kier alpha value is -1.89. The number of nitrogens with zero attached hydrogens (tertiary/aromatic N) is 2. The maximum absolute atomic E-state index is 12.1. The minimum atomic E-state index is -1.07. The molecule has 2 amide bonds. The zero-order chi connectivity index (χ0) is 15.3. The molecule has 0 spiro atoms. The van der Waals surface area contributed by atoms with Crippen LogP contribution >= 0.6 is 11.3 Å². The van der Waals surface area contributed by atoms with Gasteiger partial charge in [0.05, 0.1) is 6.04 Å². The first kappa shape index (κ1) is 16.2. The van der Waals surface area contributed by atoms with Gasteiger partial charge in [0.1, 0.15) is 5.01 Å². The molecule has 7 heteroatoms. The molecule has 1 rings (SSSR count). The first-order valence-electron chi connectivity index (χ1n) is 6.23. The molecule has 0 aliphatic rings. The van der Waals surface area contributed by atoms with Crippen LogP contribution in [0.15, 0.2) is 18.0 Å². The lowest BCUT2D eigenvalue weighted by Crippen LogP contribution is -2.44. The Morgan fingerprint density at radius 2 is 2.20 bits per heavy atom. The summed E-state index contributed by atoms with van der Waals surface area (Å²) >= 11 is 1.22. The summed E-state index contributed by atoms with van der Waals surface area (Å²) in [4.78, 5) is 28.5. The van der Waals surface area contributed by atoms with Crippen LogP contribution < -0.4 is 5.32 Å². The fourth-order valence-corrected chi connectivity index (χ4v) is 2.38. The van der Waals surface area contributed by atoms with Crippen LogP contribution in [0.25, 0.3) is 0 Å². The van der Waals surface area contributed by atoms with E-state index in [4.69, 9.17) is 5.11 Å². The fourth-order valence-electron chi connectivity index (χ4n) is 1.58. The lowest BCUT2D eigenvalue weighted by atomic mass is 10.3. The minimum absolute atomic E-state index is 0.00194. The van der Waals surface area contributed by atoms with E-state index in [-0.39, 0.29) is 23.8 Å². The average molecular weight is 297 g/mol. The SMILES string of the molecule is C=CCN(C(=O)NC(C)c1nc(C(=O)O)cs1)C(C)C. The van der Waals surface area contributed by atoms with Crippen molar-refractivity contribution in [1.29, 1.82) is 0 Å². The van der Waals surface area contributed by atoms with Gasteiger partial charge in [-0.05, 0) is 20.8 Å². The van der Waals surface area contributed by atoms with Gasteiger partial charge in [-0.1, -0.05) is 6.08 Å². The number of hydrogen-bond acceptors (Lipinski definition) is 4. The largest absolute Gasteiger partial charge is 0.476 e. The lowest BCUT2D eigenvalue weighted by Gasteiger charge is -2.27. The molecule has 0 saturated carbocycles. The smallest absolute Gasteiger partial charge is 0.355 e. The molecule has 2 N–H and O–H groups in total. The molecular formula is C13H19N3O3S. The van der Waals surface area contributed by atoms with Gasteiger partial charge in [-0.3, -0.25) is 0 Å². The van der Waals surface area contributed by atoms with Gasteiger partial charge in [0.15, 0.2) is 5.69 Å². The number of carboxylic acid groups (broad SMARTS) is 1. The molecule has 0 aliphatic heterocycles. The maximum Gasteiger partial charge on any atom is 0.355 e. The molecule has 20 heavy (non-hydrogen) atoms. The Kier molecular flexibility index (Phi) is 5.69. The summed E-state index contributed by atoms with van der Waals surface area (Å²) < 4.78 is 0. The third-order valence-corrected chi connectivity index (χ3v) is 3.69. The lowest BCUT2D eigenvalue weighted by molar-refractivity contribution is 0.0691. The molecule has 1 aromatic rings. The minimum Gasteiger partial charge on any atom is -0.476 e. The van der Waals surface area contributed by atoms with Gasteiger partial charge in [0.2, 0.25) is 0 Å². The topological polar surface area (TPSA) is 82.5 Å². The highest BCUT2D eigenvalue weighted by Gasteiger charge is 2.20. The van der Waals surface area contributed by atoms with Crippen LogP contribution in [-0.2, 0) is 0 Å². The second-order valence-electron chi connectivity index (χ2n) is 4.58. The van der Waals surface area contributed by atoms with Crippen molar-refractivity contribution in [2.24, 2.45) is 0 Å². The summed E-state index contributed by atoms with van der Waals surface area (Å²) in [5, 5.41) is 13.7. The number of carbonyl (C=O) groups excluding carboxylic acids is 1. The van der Waals surface area contributed by atoms with E-state index in [0.717, 1.165) is 0 Å². The van der Waals surface area contributed by atoms with Crippen LogP contribution in [0.2, 0.25) is 0 Å². The summed E-state index contributed by atoms with van der Waals surface area (Å²) in [6.45, 7) is 9.69. The zero-order valence-electron chi connectivity index (χ0n) is 11.8. The highest BCUT2D eigenvalue weighted by molar-refractivity contribution is 7.09. The van der Waals surface area contributed by atoms with Gasteiger partial charge in [-0.25, -0.2) is 14.6 Å². The summed E-state index contributed by atoms with van der Waals surface area (Å²) in [6, 6.07) is -0.516. The van der Waals surface area contributed by atoms with Gasteiger partial charge in [0, 0.05) is 18.0 Å². The zero-order valence-corrected chi connectivity index (χ0v) is 12.6. The van der Waals surface area contributed by atoms with Crippen molar-refractivity contribution < 1.29 is 14.7 Å². The molecule has 0 aliphatic carbocycles. The standard InChI is InChI=1S/C13H19N3O3S/c1-5-6-16(8(2)3)13(19)14-9(4)11-15-10(7-20-11)12(17)18/h5,7-9H,1,6H2,2-4H3,(H,14,19)(H,17,18). The van der Waals surface area contributed by atoms with Crippen molar-refractivity contribution in [3.05, 3.63) is 28.7 Å². The Morgan fingerprint density at radius 3 is 2.65 bits per heavy atom. The van der Waals surface area contributed by atoms with Crippen LogP contribution in [-0.4, -0.2) is 39.6 Å². The monoisotopic (exact) mass is 297 g/mol. The van der Waals surface area contributed by atoms with E-state index in [0.29, 0.717) is 11.6 Å². The Labute approximate surface area is 122 Å². The molecule has 1 aromatic heterocycles. The Morgan fingerprint density at radius 1 is 1.55 bits per heavy atom. The van der Waals surface area contributed by atoms with Crippen molar-refractivity contribution in [2.45, 2.75) is 32.9 Å². The number of thiazole rings is 1. The number of carbonyl (C=O) groups is 2. The van der Waals surface area contributed by atoms with E-state index in [1.165, 1.54) is 16.7 Å². The molecule has 0 aromatic carbocycles. The summed E-state index contributed by atoms with van der Waals surface area (Å²) in [7, 11) is 0. The summed E-state index contributed by atoms with van der Waals surface area (Å²) in [5.41, 5.74) is -0.00194. The normalized spacial score (nSPS) is 12.0. The van der Waals surface area contributed by atoms with E-state index < -0.39 is 5.97 Å². The molecule has 0 bridgehead atoms. The van der Waals surface area contributed by atoms with E-state index >= 15 is 0 Å². The van der Waals surface area contributed by atoms with Gasteiger partial charge in [-0.15, -0.1) is 17.9 Å². The highest BCUT2D eigenvalue weighted by atomic mass is 32.1. The molecule has 1 atom stereocenters. The third kappa shape index (κ3) is 4.06. The van der Waals surface area contributed by atoms with Crippen molar-refractivity contribution in [3.63, 3.8) is 0 Å². The number of nitrogens with one attached hydrogen (secondary N) is 1. The van der Waals surface area contributed by atoms with Crippen LogP contribution in [0.1, 0.15) is 42.3 Å². The van der Waals surface area contributed by atoms with Crippen molar-refractivity contribution in [2.75, 3.05) is 6.54 Å².